The van der Waals surface area contributed by atoms with E-state index in [1.54, 1.807) is 17.3 Å². The molecule has 19 heavy (non-hydrogen) atoms. The summed E-state index contributed by atoms with van der Waals surface area (Å²) in [7, 11) is 0. The van der Waals surface area contributed by atoms with Gasteiger partial charge in [0.1, 0.15) is 0 Å². The third-order valence-corrected chi connectivity index (χ3v) is 3.18. The van der Waals surface area contributed by atoms with Gasteiger partial charge >= 0.3 is 6.03 Å². The Morgan fingerprint density at radius 3 is 2.63 bits per heavy atom. The van der Waals surface area contributed by atoms with Crippen LogP contribution in [0.25, 0.3) is 0 Å². The Morgan fingerprint density at radius 1 is 1.32 bits per heavy atom. The van der Waals surface area contributed by atoms with E-state index in [1.165, 1.54) is 15.8 Å². The number of benzene rings is 1. The van der Waals surface area contributed by atoms with Gasteiger partial charge in [-0.25, -0.2) is 4.79 Å². The van der Waals surface area contributed by atoms with Gasteiger partial charge in [0, 0.05) is 19.3 Å². The van der Waals surface area contributed by atoms with Gasteiger partial charge in [-0.05, 0) is 37.5 Å². The number of carbonyl (C=O) groups is 1. The molecule has 1 aromatic heterocycles. The number of amides is 1. The number of hydrogen-bond donors (Lipinski definition) is 0. The fraction of sp³-hybridized carbons (Fsp3) is 0.333. The van der Waals surface area contributed by atoms with Crippen molar-refractivity contribution in [1.82, 2.24) is 14.7 Å². The molecule has 0 N–H and O–H groups in total. The van der Waals surface area contributed by atoms with Crippen molar-refractivity contribution in [3.63, 3.8) is 0 Å². The van der Waals surface area contributed by atoms with Gasteiger partial charge in [-0.1, -0.05) is 24.3 Å². The van der Waals surface area contributed by atoms with Crippen molar-refractivity contribution in [2.24, 2.45) is 0 Å². The zero-order valence-corrected chi connectivity index (χ0v) is 11.6. The summed E-state index contributed by atoms with van der Waals surface area (Å²) in [6.07, 6.45) is 3.45. The van der Waals surface area contributed by atoms with E-state index in [1.807, 2.05) is 26.0 Å². The monoisotopic (exact) mass is 257 g/mol. The van der Waals surface area contributed by atoms with E-state index in [0.717, 1.165) is 5.56 Å². The first kappa shape index (κ1) is 13.3. The van der Waals surface area contributed by atoms with Gasteiger partial charge in [0.15, 0.2) is 0 Å². The van der Waals surface area contributed by atoms with E-state index in [2.05, 4.69) is 24.2 Å². The Labute approximate surface area is 113 Å². The van der Waals surface area contributed by atoms with E-state index in [-0.39, 0.29) is 6.03 Å². The molecule has 100 valence electrons. The molecular formula is C15H19N3O. The van der Waals surface area contributed by atoms with Crippen LogP contribution >= 0.6 is 0 Å². The lowest BCUT2D eigenvalue weighted by atomic mass is 10.1. The van der Waals surface area contributed by atoms with Crippen molar-refractivity contribution in [3.8, 4) is 0 Å². The normalized spacial score (nSPS) is 10.5. The van der Waals surface area contributed by atoms with E-state index in [0.29, 0.717) is 13.1 Å². The predicted octanol–water partition coefficient (Wildman–Crippen LogP) is 2.99. The quantitative estimate of drug-likeness (QED) is 0.847. The van der Waals surface area contributed by atoms with Crippen molar-refractivity contribution in [2.75, 3.05) is 6.54 Å². The molecule has 0 aliphatic carbocycles. The SMILES string of the molecule is CCN(Cc1ccccc1C)C(=O)n1cc(C)cn1. The van der Waals surface area contributed by atoms with Crippen molar-refractivity contribution in [2.45, 2.75) is 27.3 Å². The zero-order valence-electron chi connectivity index (χ0n) is 11.6. The summed E-state index contributed by atoms with van der Waals surface area (Å²) >= 11 is 0. The van der Waals surface area contributed by atoms with Crippen LogP contribution in [0, 0.1) is 13.8 Å². The standard InChI is InChI=1S/C15H19N3O/c1-4-17(11-14-8-6-5-7-13(14)3)15(19)18-10-12(2)9-16-18/h5-10H,4,11H2,1-3H3. The van der Waals surface area contributed by atoms with Gasteiger partial charge in [-0.15, -0.1) is 0 Å². The maximum absolute atomic E-state index is 12.3. The van der Waals surface area contributed by atoms with Gasteiger partial charge in [-0.2, -0.15) is 9.78 Å². The number of rotatable bonds is 3. The first-order valence-corrected chi connectivity index (χ1v) is 6.47. The molecule has 4 nitrogen and oxygen atoms in total. The van der Waals surface area contributed by atoms with Crippen LogP contribution in [0.3, 0.4) is 0 Å². The van der Waals surface area contributed by atoms with Gasteiger partial charge in [0.2, 0.25) is 0 Å². The number of hydrogen-bond acceptors (Lipinski definition) is 2. The first-order chi connectivity index (χ1) is 9.11. The maximum atomic E-state index is 12.3. The highest BCUT2D eigenvalue weighted by Gasteiger charge is 2.15. The summed E-state index contributed by atoms with van der Waals surface area (Å²) < 4.78 is 1.40. The van der Waals surface area contributed by atoms with E-state index in [4.69, 9.17) is 0 Å². The average molecular weight is 257 g/mol. The molecule has 0 atom stereocenters. The summed E-state index contributed by atoms with van der Waals surface area (Å²) in [4.78, 5) is 14.1. The third kappa shape index (κ3) is 3.02. The summed E-state index contributed by atoms with van der Waals surface area (Å²) in [6, 6.07) is 8.04. The number of aryl methyl sites for hydroxylation is 2. The summed E-state index contributed by atoms with van der Waals surface area (Å²) in [5, 5.41) is 4.07. The fourth-order valence-corrected chi connectivity index (χ4v) is 1.97. The maximum Gasteiger partial charge on any atom is 0.344 e. The average Bonchev–Trinajstić information content (AvgIpc) is 2.84. The molecular weight excluding hydrogens is 238 g/mol. The molecule has 1 amide bonds. The molecule has 1 heterocycles. The number of nitrogens with zero attached hydrogens (tertiary/aromatic N) is 3. The molecule has 2 rings (SSSR count). The van der Waals surface area contributed by atoms with Crippen LogP contribution in [-0.4, -0.2) is 27.3 Å². The summed E-state index contributed by atoms with van der Waals surface area (Å²) in [6.45, 7) is 7.24. The molecule has 0 fully saturated rings. The second kappa shape index (κ2) is 5.69. The van der Waals surface area contributed by atoms with Crippen LogP contribution in [0.5, 0.6) is 0 Å². The molecule has 0 radical (unpaired) electrons. The molecule has 2 aromatic rings. The number of carbonyl (C=O) groups excluding carboxylic acids is 1. The predicted molar refractivity (Wildman–Crippen MR) is 75.0 cm³/mol. The van der Waals surface area contributed by atoms with Crippen LogP contribution in [0.4, 0.5) is 4.79 Å². The Balaban J connectivity index is 2.17. The molecule has 0 unspecified atom stereocenters. The lowest BCUT2D eigenvalue weighted by molar-refractivity contribution is 0.196. The number of aromatic nitrogens is 2. The highest BCUT2D eigenvalue weighted by Crippen LogP contribution is 2.11. The molecule has 0 spiro atoms. The second-order valence-corrected chi connectivity index (χ2v) is 4.69. The lowest BCUT2D eigenvalue weighted by Gasteiger charge is -2.21. The Bertz CT molecular complexity index is 574. The lowest BCUT2D eigenvalue weighted by Crippen LogP contribution is -2.34. The Hall–Kier alpha value is -2.10. The highest BCUT2D eigenvalue weighted by atomic mass is 16.2. The third-order valence-electron chi connectivity index (χ3n) is 3.18. The van der Waals surface area contributed by atoms with Crippen LogP contribution in [-0.2, 0) is 6.54 Å². The molecule has 0 saturated heterocycles. The van der Waals surface area contributed by atoms with Crippen LogP contribution in [0.1, 0.15) is 23.6 Å². The van der Waals surface area contributed by atoms with E-state index < -0.39 is 0 Å². The van der Waals surface area contributed by atoms with Crippen molar-refractivity contribution in [1.29, 1.82) is 0 Å². The van der Waals surface area contributed by atoms with Gasteiger partial charge in [-0.3, -0.25) is 0 Å². The topological polar surface area (TPSA) is 38.1 Å². The first-order valence-electron chi connectivity index (χ1n) is 6.47. The van der Waals surface area contributed by atoms with Crippen LogP contribution < -0.4 is 0 Å². The van der Waals surface area contributed by atoms with E-state index in [9.17, 15) is 4.79 Å². The van der Waals surface area contributed by atoms with Gasteiger partial charge in [0.05, 0.1) is 6.20 Å². The molecule has 0 aliphatic rings. The van der Waals surface area contributed by atoms with Crippen molar-refractivity contribution < 1.29 is 4.79 Å². The van der Waals surface area contributed by atoms with Crippen molar-refractivity contribution in [3.05, 3.63) is 53.3 Å². The van der Waals surface area contributed by atoms with E-state index >= 15 is 0 Å². The molecule has 0 bridgehead atoms. The zero-order chi connectivity index (χ0) is 13.8. The molecule has 4 heteroatoms. The Morgan fingerprint density at radius 2 is 2.05 bits per heavy atom. The Kier molecular flexibility index (Phi) is 4.00. The van der Waals surface area contributed by atoms with Gasteiger partial charge < -0.3 is 4.90 Å². The minimum absolute atomic E-state index is 0.0844. The fourth-order valence-electron chi connectivity index (χ4n) is 1.97. The minimum Gasteiger partial charge on any atom is -0.319 e. The van der Waals surface area contributed by atoms with Gasteiger partial charge in [0.25, 0.3) is 0 Å². The van der Waals surface area contributed by atoms with Crippen LogP contribution in [0.2, 0.25) is 0 Å². The smallest absolute Gasteiger partial charge is 0.319 e. The molecule has 0 aliphatic heterocycles. The molecule has 1 aromatic carbocycles. The minimum atomic E-state index is -0.0844. The van der Waals surface area contributed by atoms with Crippen molar-refractivity contribution >= 4 is 6.03 Å². The summed E-state index contributed by atoms with van der Waals surface area (Å²) in [5.41, 5.74) is 3.35. The van der Waals surface area contributed by atoms with Crippen LogP contribution in [0.15, 0.2) is 36.7 Å². The second-order valence-electron chi connectivity index (χ2n) is 4.69. The summed E-state index contributed by atoms with van der Waals surface area (Å²) in [5.74, 6) is 0. The highest BCUT2D eigenvalue weighted by molar-refractivity contribution is 5.76. The largest absolute Gasteiger partial charge is 0.344 e. The molecule has 0 saturated carbocycles.